The van der Waals surface area contributed by atoms with Gasteiger partial charge in [0.05, 0.1) is 49.6 Å². The number of pyridine rings is 2. The predicted octanol–water partition coefficient (Wildman–Crippen LogP) is 15.2. The van der Waals surface area contributed by atoms with Crippen LogP contribution >= 0.6 is 34.0 Å². The van der Waals surface area contributed by atoms with Gasteiger partial charge in [0.1, 0.15) is 80.8 Å². The van der Waals surface area contributed by atoms with Crippen molar-refractivity contribution in [2.75, 3.05) is 13.2 Å². The molecule has 22 rings (SSSR count). The Labute approximate surface area is 698 Å². The average Bonchev–Trinajstić information content (AvgIpc) is 2.02. The molecular formula is C80H88N30O6S3. The van der Waals surface area contributed by atoms with Crippen molar-refractivity contribution in [3.8, 4) is 0 Å². The molecule has 0 spiro atoms. The molecule has 0 atom stereocenters. The largest absolute Gasteiger partial charge is 0.497 e. The fourth-order valence-electron chi connectivity index (χ4n) is 5.38. The van der Waals surface area contributed by atoms with E-state index in [9.17, 15) is 4.79 Å². The summed E-state index contributed by atoms with van der Waals surface area (Å²) in [4.78, 5) is 69.5. The number of H-pyrrole nitrogens is 6. The summed E-state index contributed by atoms with van der Waals surface area (Å²) in [6.45, 7) is 1.62. The van der Waals surface area contributed by atoms with Crippen molar-refractivity contribution in [1.29, 1.82) is 0 Å². The zero-order valence-corrected chi connectivity index (χ0v) is 66.4. The third-order valence-electron chi connectivity index (χ3n) is 9.99. The van der Waals surface area contributed by atoms with Gasteiger partial charge in [0, 0.05) is 129 Å². The molecule has 0 fully saturated rings. The molecule has 0 bridgehead atoms. The van der Waals surface area contributed by atoms with E-state index in [1.165, 1.54) is 99.7 Å². The number of nitrogens with one attached hydrogen (secondary N) is 6. The molecule has 119 heavy (non-hydrogen) atoms. The van der Waals surface area contributed by atoms with Gasteiger partial charge in [-0.05, 0) is 108 Å². The number of ether oxygens (including phenoxy) is 1. The SMILES string of the molecule is C1=CCC=C1.C1=CCN=C1.C1=CCOC=C1.O=c1cccc[nH]1.c1c[nH]cn1.c1cc[nH]c1.c1ccccc1.c1ccncc1.c1ccnnc1.c1ccoc1.c1ccsc1.c1cn[nH]c1.c1cnccn1.c1cncnc1.c1cnoc1.c1cocn1.c1cscn1.c1nc[nH]n1.c1nc[nH]n1.c1ncncn1.c1nnco1.c1nncs1. The van der Waals surface area contributed by atoms with Gasteiger partial charge < -0.3 is 37.5 Å². The fourth-order valence-corrected chi connectivity index (χ4v) is 6.45. The van der Waals surface area contributed by atoms with E-state index >= 15 is 0 Å². The Kier molecular flexibility index (Phi) is 80.7. The number of imidazole rings is 1. The zero-order chi connectivity index (χ0) is 84.3. The number of thiophene rings is 1. The van der Waals surface area contributed by atoms with Crippen molar-refractivity contribution in [2.45, 2.75) is 6.42 Å². The van der Waals surface area contributed by atoms with Gasteiger partial charge in [0.15, 0.2) is 6.39 Å². The lowest BCUT2D eigenvalue weighted by Gasteiger charge is -1.94. The smallest absolute Gasteiger partial charge is 0.247 e. The van der Waals surface area contributed by atoms with Crippen LogP contribution < -0.4 is 5.56 Å². The second kappa shape index (κ2) is 95.7. The van der Waals surface area contributed by atoms with Crippen molar-refractivity contribution in [1.82, 2.24) is 146 Å². The van der Waals surface area contributed by atoms with Crippen molar-refractivity contribution in [2.24, 2.45) is 4.99 Å². The number of hydrogen-bond acceptors (Lipinski definition) is 33. The van der Waals surface area contributed by atoms with Crippen LogP contribution in [0.25, 0.3) is 0 Å². The third-order valence-corrected chi connectivity index (χ3v) is 11.6. The summed E-state index contributed by atoms with van der Waals surface area (Å²) in [5.74, 6) is 0. The average molecular weight is 1660 g/mol. The number of aromatic nitrogens is 29. The van der Waals surface area contributed by atoms with E-state index in [1.807, 2.05) is 168 Å². The van der Waals surface area contributed by atoms with Gasteiger partial charge in [0.2, 0.25) is 18.3 Å². The van der Waals surface area contributed by atoms with Gasteiger partial charge >= 0.3 is 0 Å². The van der Waals surface area contributed by atoms with E-state index in [2.05, 4.69) is 193 Å². The molecule has 6 N–H and O–H groups in total. The maximum atomic E-state index is 10.2. The fraction of sp³-hybridized carbons (Fsp3) is 0.0375. The van der Waals surface area contributed by atoms with Crippen LogP contribution in [0.2, 0.25) is 0 Å². The molecule has 2 aliphatic heterocycles. The van der Waals surface area contributed by atoms with E-state index < -0.39 is 0 Å². The van der Waals surface area contributed by atoms with Crippen LogP contribution in [0.15, 0.2) is 486 Å². The highest BCUT2D eigenvalue weighted by atomic mass is 32.1. The highest BCUT2D eigenvalue weighted by Crippen LogP contribution is 1.94. The Bertz CT molecular complexity index is 3520. The predicted molar refractivity (Wildman–Crippen MR) is 456 cm³/mol. The highest BCUT2D eigenvalue weighted by Gasteiger charge is 1.77. The van der Waals surface area contributed by atoms with Crippen LogP contribution in [-0.2, 0) is 4.74 Å². The summed E-state index contributed by atoms with van der Waals surface area (Å²) in [5.41, 5.74) is 5.10. The van der Waals surface area contributed by atoms with Crippen molar-refractivity contribution >= 4 is 40.2 Å². The van der Waals surface area contributed by atoms with Gasteiger partial charge in [-0.15, -0.1) is 43.1 Å². The van der Waals surface area contributed by atoms with Crippen molar-refractivity contribution < 1.29 is 22.5 Å². The summed E-state index contributed by atoms with van der Waals surface area (Å²) >= 11 is 4.81. The van der Waals surface area contributed by atoms with Crippen LogP contribution in [0.1, 0.15) is 6.42 Å². The first kappa shape index (κ1) is 100. The third kappa shape index (κ3) is 93.8. The van der Waals surface area contributed by atoms with Gasteiger partial charge in [-0.2, -0.15) is 36.8 Å². The summed E-state index contributed by atoms with van der Waals surface area (Å²) in [6.07, 6.45) is 80.2. The molecule has 39 heteroatoms. The maximum absolute atomic E-state index is 10.2. The van der Waals surface area contributed by atoms with Crippen LogP contribution in [0, 0.1) is 0 Å². The Morgan fingerprint density at radius 1 is 0.328 bits per heavy atom. The molecule has 3 aliphatic rings. The molecule has 18 aromatic heterocycles. The Balaban J connectivity index is 0.000000624. The van der Waals surface area contributed by atoms with E-state index in [0.29, 0.717) is 0 Å². The molecule has 19 aromatic rings. The molecule has 0 saturated heterocycles. The number of aromatic amines is 6. The van der Waals surface area contributed by atoms with Crippen LogP contribution in [0.5, 0.6) is 0 Å². The minimum Gasteiger partial charge on any atom is -0.497 e. The molecule has 612 valence electrons. The van der Waals surface area contributed by atoms with Gasteiger partial charge in [-0.3, -0.25) is 45.0 Å². The molecule has 0 radical (unpaired) electrons. The van der Waals surface area contributed by atoms with Crippen LogP contribution in [0.4, 0.5) is 0 Å². The summed E-state index contributed by atoms with van der Waals surface area (Å²) in [6, 6.07) is 43.2. The first-order chi connectivity index (χ1) is 59.4. The number of thiazole rings is 1. The normalized spacial score (nSPS) is 9.31. The number of allylic oxidation sites excluding steroid dienone is 7. The highest BCUT2D eigenvalue weighted by molar-refractivity contribution is 7.08. The number of rotatable bonds is 0. The van der Waals surface area contributed by atoms with Crippen LogP contribution in [-0.4, -0.2) is 165 Å². The molecule has 0 amide bonds. The first-order valence-electron chi connectivity index (χ1n) is 34.3. The zero-order valence-electron chi connectivity index (χ0n) is 63.9. The lowest BCUT2D eigenvalue weighted by molar-refractivity contribution is 0.286. The second-order valence-corrected chi connectivity index (χ2v) is 20.8. The molecule has 1 aliphatic carbocycles. The standard InChI is InChI=1S/C6H6.C5H5NO.C5H5N.C5H6O.C5H6.3C4H4N2.2C4H5N.C4H4O.C4H4S.C3H3N3.2C3H4N2.2C3H3NO.C3H3NS.2C2H3N3.C2H2N2O.C2H2N2S/c1-2-4-6-5-3-1;7-5-3-1-2-4-6-5;2*1-2-4-6-5-3-1;1-2-4-5-3-1;1-2-6-4-3-5-1;1-2-5-4-6-3-1;1-2-4-6-5-3-1;4*1-2-4-5-3-1;1-4-2-6-3-5-1;1-2-5-3-4-1;1-2-4-5-3-1;1-2-5-3-4-1;1-2-4-5-3-1;1-2-5-3-4-1;2*1-3-2-5-4-1;2*1-3-4-2-5-1/h1-6H;1-4H,(H,6,7);1-5H;1-4H,5H2;1-4H,5H2;3*1-4H;1-3H,4H2;1-5H;2*1-4H;1-3H;2*1-3H,(H,4,5);3*1-3H;2*1-2H,(H,3,4,5);2*1-2H. The topological polar surface area (TPSA) is 482 Å². The van der Waals surface area contributed by atoms with Crippen molar-refractivity contribution in [3.63, 3.8) is 0 Å². The molecule has 36 nitrogen and oxygen atoms in total. The number of oxazole rings is 1. The number of furan rings is 1. The maximum Gasteiger partial charge on any atom is 0.247 e. The minimum atomic E-state index is -0.0532. The van der Waals surface area contributed by atoms with Gasteiger partial charge in [0.25, 0.3) is 0 Å². The number of aliphatic imine (C=N–C) groups is 1. The molecule has 1 aromatic carbocycles. The lowest BCUT2D eigenvalue weighted by atomic mass is 10.4. The Morgan fingerprint density at radius 2 is 0.950 bits per heavy atom. The van der Waals surface area contributed by atoms with Crippen LogP contribution in [0.3, 0.4) is 0 Å². The van der Waals surface area contributed by atoms with Crippen molar-refractivity contribution in [3.05, 3.63) is 469 Å². The summed E-state index contributed by atoms with van der Waals surface area (Å²) in [5, 5.41) is 48.2. The van der Waals surface area contributed by atoms with E-state index in [4.69, 9.17) is 4.74 Å². The number of nitrogens with zero attached hydrogens (tertiary/aromatic N) is 24. The van der Waals surface area contributed by atoms with Gasteiger partial charge in [-0.25, -0.2) is 44.9 Å². The molecule has 0 unspecified atom stereocenters. The summed E-state index contributed by atoms with van der Waals surface area (Å²) in [7, 11) is 0. The lowest BCUT2D eigenvalue weighted by Crippen LogP contribution is -1.98. The first-order valence-corrected chi connectivity index (χ1v) is 37.1. The second-order valence-electron chi connectivity index (χ2n) is 18.5. The Hall–Kier alpha value is -16.6. The molecule has 20 heterocycles. The van der Waals surface area contributed by atoms with Gasteiger partial charge in [-0.1, -0.05) is 102 Å². The van der Waals surface area contributed by atoms with E-state index in [0.717, 1.165) is 19.6 Å². The summed E-state index contributed by atoms with van der Waals surface area (Å²) < 4.78 is 22.6. The monoisotopic (exact) mass is 1660 g/mol. The Morgan fingerprint density at radius 3 is 1.13 bits per heavy atom. The van der Waals surface area contributed by atoms with E-state index in [1.54, 1.807) is 206 Å². The molecule has 0 saturated carbocycles. The number of benzene rings is 1. The van der Waals surface area contributed by atoms with E-state index in [-0.39, 0.29) is 5.56 Å². The number of hydrogen-bond donors (Lipinski definition) is 6. The minimum absolute atomic E-state index is 0.0532. The molecular weight excluding hydrogens is 1570 g/mol. The quantitative estimate of drug-likeness (QED) is 0.0821.